The first kappa shape index (κ1) is 51.2. The van der Waals surface area contributed by atoms with Crippen molar-refractivity contribution in [1.29, 1.82) is 0 Å². The van der Waals surface area contributed by atoms with Crippen LogP contribution in [-0.2, 0) is 4.79 Å². The van der Waals surface area contributed by atoms with E-state index in [9.17, 15) is 4.79 Å². The van der Waals surface area contributed by atoms with E-state index in [0.29, 0.717) is 13.0 Å². The lowest BCUT2D eigenvalue weighted by atomic mass is 9.92. The van der Waals surface area contributed by atoms with E-state index in [1.165, 1.54) is 84.8 Å². The van der Waals surface area contributed by atoms with E-state index in [4.69, 9.17) is 5.11 Å². The summed E-state index contributed by atoms with van der Waals surface area (Å²) in [5.41, 5.74) is 8.28. The molecule has 0 fully saturated rings. The quantitative estimate of drug-likeness (QED) is 0.0592. The summed E-state index contributed by atoms with van der Waals surface area (Å²) >= 11 is 0. The summed E-state index contributed by atoms with van der Waals surface area (Å²) in [6, 6.07) is 0. The summed E-state index contributed by atoms with van der Waals surface area (Å²) in [5, 5.41) is 8.77. The van der Waals surface area contributed by atoms with Crippen LogP contribution in [0.4, 0.5) is 0 Å². The second kappa shape index (κ2) is 37.1. The molecule has 0 aliphatic rings. The first-order chi connectivity index (χ1) is 23.2. The molecular formula is C47H84O2. The van der Waals surface area contributed by atoms with Crippen molar-refractivity contribution in [3.8, 4) is 0 Å². The summed E-state index contributed by atoms with van der Waals surface area (Å²) in [4.78, 5) is 10.2. The van der Waals surface area contributed by atoms with Crippen LogP contribution in [0.2, 0.25) is 0 Å². The summed E-state index contributed by atoms with van der Waals surface area (Å²) in [5.74, 6) is 2.56. The summed E-state index contributed by atoms with van der Waals surface area (Å²) in [6.07, 6.45) is 35.1. The van der Waals surface area contributed by atoms with Gasteiger partial charge in [0, 0.05) is 13.0 Å². The number of hydrogen-bond acceptors (Lipinski definition) is 2. The van der Waals surface area contributed by atoms with E-state index in [-0.39, 0.29) is 0 Å². The first-order valence-corrected chi connectivity index (χ1v) is 19.7. The Morgan fingerprint density at radius 1 is 0.551 bits per heavy atom. The molecule has 0 saturated carbocycles. The van der Waals surface area contributed by atoms with Crippen LogP contribution >= 0.6 is 0 Å². The molecule has 2 unspecified atom stereocenters. The van der Waals surface area contributed by atoms with Crippen molar-refractivity contribution in [2.24, 2.45) is 17.8 Å². The zero-order chi connectivity index (χ0) is 37.9. The van der Waals surface area contributed by atoms with Crippen LogP contribution in [0.25, 0.3) is 0 Å². The number of carbonyl (C=O) groups excluding carboxylic acids is 1. The number of rotatable bonds is 25. The third-order valence-corrected chi connectivity index (χ3v) is 8.73. The summed E-state index contributed by atoms with van der Waals surface area (Å²) in [6.45, 7) is 30.6. The zero-order valence-corrected chi connectivity index (χ0v) is 34.9. The monoisotopic (exact) mass is 681 g/mol. The van der Waals surface area contributed by atoms with Gasteiger partial charge in [0.1, 0.15) is 6.29 Å². The maximum atomic E-state index is 10.2. The number of aliphatic hydroxyl groups is 1. The molecule has 0 saturated heterocycles. The highest BCUT2D eigenvalue weighted by atomic mass is 16.2. The predicted molar refractivity (Wildman–Crippen MR) is 224 cm³/mol. The van der Waals surface area contributed by atoms with E-state index in [1.54, 1.807) is 0 Å². The fraction of sp³-hybridized carbons (Fsp3) is 0.681. The molecule has 2 nitrogen and oxygen atoms in total. The Hall–Kier alpha value is -2.19. The van der Waals surface area contributed by atoms with Crippen LogP contribution in [-0.4, -0.2) is 18.0 Å². The molecule has 284 valence electrons. The Morgan fingerprint density at radius 3 is 1.31 bits per heavy atom. The molecule has 0 rings (SSSR count). The van der Waals surface area contributed by atoms with Crippen molar-refractivity contribution in [2.45, 2.75) is 186 Å². The molecule has 0 aliphatic carbocycles. The molecule has 0 bridgehead atoms. The standard InChI is InChI=1S/C16H34O.C16H26O.C15H24/c2*1-14(2)8-5-9-15(3)10-6-11-16(4)12-7-13-17;1-6-14(4)10-8-12-15(5)11-7-9-13(2)3/h14-17H,5-13H2,1-4H3;8,10-11,13H,5-7,9,12H2,1-4H3;6,9-10,12H,1,7-8,11H2,2-5H3/b;15-10+,16-11+;14-10+,15-12+. The van der Waals surface area contributed by atoms with E-state index >= 15 is 0 Å². The van der Waals surface area contributed by atoms with Crippen LogP contribution in [0.5, 0.6) is 0 Å². The Balaban J connectivity index is -0.000000649. The van der Waals surface area contributed by atoms with Gasteiger partial charge in [-0.3, -0.25) is 0 Å². The van der Waals surface area contributed by atoms with Gasteiger partial charge in [0.2, 0.25) is 0 Å². The SMILES string of the molecule is C=C/C(C)=C/C/C=C(\C)CCC=C(C)C.CC(C)=CCC/C(C)=C/C/C=C(\C)CCC=O.CC(C)CCCC(C)CCCC(C)CCCO. The molecule has 2 atom stereocenters. The number of hydrogen-bond donors (Lipinski definition) is 1. The largest absolute Gasteiger partial charge is 0.396 e. The van der Waals surface area contributed by atoms with Gasteiger partial charge in [-0.15, -0.1) is 0 Å². The van der Waals surface area contributed by atoms with Gasteiger partial charge < -0.3 is 9.90 Å². The van der Waals surface area contributed by atoms with Gasteiger partial charge in [-0.05, 0) is 131 Å². The van der Waals surface area contributed by atoms with Crippen molar-refractivity contribution in [1.82, 2.24) is 0 Å². The minimum Gasteiger partial charge on any atom is -0.396 e. The Kier molecular flexibility index (Phi) is 38.7. The Morgan fingerprint density at radius 2 is 0.939 bits per heavy atom. The normalized spacial score (nSPS) is 13.4. The van der Waals surface area contributed by atoms with Gasteiger partial charge >= 0.3 is 0 Å². The van der Waals surface area contributed by atoms with Crippen LogP contribution in [0.1, 0.15) is 186 Å². The Bertz CT molecular complexity index is 974. The lowest BCUT2D eigenvalue weighted by Crippen LogP contribution is -2.00. The second-order valence-corrected chi connectivity index (χ2v) is 15.5. The van der Waals surface area contributed by atoms with Gasteiger partial charge in [0.05, 0.1) is 0 Å². The number of carbonyl (C=O) groups is 1. The van der Waals surface area contributed by atoms with E-state index in [0.717, 1.165) is 69.0 Å². The number of aldehydes is 1. The summed E-state index contributed by atoms with van der Waals surface area (Å²) in [7, 11) is 0. The van der Waals surface area contributed by atoms with Crippen LogP contribution in [0.3, 0.4) is 0 Å². The van der Waals surface area contributed by atoms with E-state index in [2.05, 4.69) is 126 Å². The molecule has 0 aromatic heterocycles. The maximum absolute atomic E-state index is 10.2. The van der Waals surface area contributed by atoms with Gasteiger partial charge in [-0.25, -0.2) is 0 Å². The van der Waals surface area contributed by atoms with Crippen molar-refractivity contribution in [3.05, 3.63) is 82.5 Å². The minimum atomic E-state index is 0.357. The molecule has 0 aromatic rings. The molecule has 1 N–H and O–H groups in total. The lowest BCUT2D eigenvalue weighted by molar-refractivity contribution is -0.107. The van der Waals surface area contributed by atoms with Crippen molar-refractivity contribution < 1.29 is 9.90 Å². The average Bonchev–Trinajstić information content (AvgIpc) is 3.02. The maximum Gasteiger partial charge on any atom is 0.120 e. The number of allylic oxidation sites excluding steroid dienone is 13. The molecule has 2 heteroatoms. The Labute approximate surface area is 308 Å². The third-order valence-electron chi connectivity index (χ3n) is 8.73. The van der Waals surface area contributed by atoms with Gasteiger partial charge in [-0.1, -0.05) is 149 Å². The fourth-order valence-electron chi connectivity index (χ4n) is 5.18. The highest BCUT2D eigenvalue weighted by molar-refractivity contribution is 5.49. The number of aliphatic hydroxyl groups excluding tert-OH is 1. The molecule has 0 spiro atoms. The molecular weight excluding hydrogens is 597 g/mol. The molecule has 49 heavy (non-hydrogen) atoms. The second-order valence-electron chi connectivity index (χ2n) is 15.5. The van der Waals surface area contributed by atoms with Gasteiger partial charge in [0.15, 0.2) is 0 Å². The first-order valence-electron chi connectivity index (χ1n) is 19.7. The molecule has 0 amide bonds. The average molecular weight is 681 g/mol. The molecule has 0 aliphatic heterocycles. The highest BCUT2D eigenvalue weighted by Crippen LogP contribution is 2.21. The molecule has 0 aromatic carbocycles. The van der Waals surface area contributed by atoms with Crippen molar-refractivity contribution >= 4 is 6.29 Å². The van der Waals surface area contributed by atoms with Crippen LogP contribution in [0, 0.1) is 17.8 Å². The molecule has 0 radical (unpaired) electrons. The topological polar surface area (TPSA) is 37.3 Å². The fourth-order valence-corrected chi connectivity index (χ4v) is 5.18. The highest BCUT2D eigenvalue weighted by Gasteiger charge is 2.06. The van der Waals surface area contributed by atoms with E-state index < -0.39 is 0 Å². The summed E-state index contributed by atoms with van der Waals surface area (Å²) < 4.78 is 0. The van der Waals surface area contributed by atoms with Crippen LogP contribution in [0.15, 0.2) is 82.5 Å². The third kappa shape index (κ3) is 45.8. The lowest BCUT2D eigenvalue weighted by Gasteiger charge is -2.14. The zero-order valence-electron chi connectivity index (χ0n) is 34.9. The molecule has 0 heterocycles. The minimum absolute atomic E-state index is 0.357. The van der Waals surface area contributed by atoms with Crippen molar-refractivity contribution in [3.63, 3.8) is 0 Å². The van der Waals surface area contributed by atoms with Crippen molar-refractivity contribution in [2.75, 3.05) is 6.61 Å². The van der Waals surface area contributed by atoms with Gasteiger partial charge in [0.25, 0.3) is 0 Å². The smallest absolute Gasteiger partial charge is 0.120 e. The predicted octanol–water partition coefficient (Wildman–Crippen LogP) is 15.2. The van der Waals surface area contributed by atoms with Crippen LogP contribution < -0.4 is 0 Å². The van der Waals surface area contributed by atoms with Gasteiger partial charge in [-0.2, -0.15) is 0 Å². The van der Waals surface area contributed by atoms with E-state index in [1.807, 2.05) is 6.08 Å².